The first kappa shape index (κ1) is 11.7. The van der Waals surface area contributed by atoms with Crippen molar-refractivity contribution in [3.63, 3.8) is 0 Å². The first-order valence-corrected chi connectivity index (χ1v) is 6.13. The molecule has 2 heterocycles. The van der Waals surface area contributed by atoms with Crippen molar-refractivity contribution >= 4 is 32.1 Å². The molecular formula is C10H16S2. The lowest BCUT2D eigenvalue weighted by atomic mass is 10.5. The molecule has 0 radical (unpaired) electrons. The predicted octanol–water partition coefficient (Wildman–Crippen LogP) is 5.02. The van der Waals surface area contributed by atoms with Gasteiger partial charge in [-0.15, -0.1) is 22.7 Å². The van der Waals surface area contributed by atoms with Crippen molar-refractivity contribution in [3.8, 4) is 0 Å². The summed E-state index contributed by atoms with van der Waals surface area (Å²) in [5, 5.41) is 4.25. The monoisotopic (exact) mass is 200 g/mol. The molecule has 2 rings (SSSR count). The maximum absolute atomic E-state index is 2.16. The SMILES string of the molecule is CC.CC.c1cc2sccc2s1. The van der Waals surface area contributed by atoms with Crippen LogP contribution in [0.1, 0.15) is 27.7 Å². The molecule has 0 aliphatic rings. The van der Waals surface area contributed by atoms with E-state index in [1.165, 1.54) is 9.40 Å². The second kappa shape index (κ2) is 7.32. The van der Waals surface area contributed by atoms with E-state index in [0.29, 0.717) is 0 Å². The van der Waals surface area contributed by atoms with Gasteiger partial charge in [0.05, 0.1) is 0 Å². The Morgan fingerprint density at radius 1 is 0.750 bits per heavy atom. The lowest BCUT2D eigenvalue weighted by Gasteiger charge is -1.63. The normalized spacial score (nSPS) is 8.00. The van der Waals surface area contributed by atoms with E-state index in [9.17, 15) is 0 Å². The van der Waals surface area contributed by atoms with Crippen LogP contribution in [-0.2, 0) is 0 Å². The Morgan fingerprint density at radius 2 is 1.08 bits per heavy atom. The molecule has 2 heteroatoms. The lowest BCUT2D eigenvalue weighted by Crippen LogP contribution is -1.33. The van der Waals surface area contributed by atoms with Crippen LogP contribution in [0.25, 0.3) is 9.40 Å². The number of rotatable bonds is 0. The topological polar surface area (TPSA) is 0 Å². The zero-order valence-electron chi connectivity index (χ0n) is 8.13. The van der Waals surface area contributed by atoms with E-state index in [2.05, 4.69) is 22.9 Å². The zero-order chi connectivity index (χ0) is 9.40. The van der Waals surface area contributed by atoms with Crippen molar-refractivity contribution < 1.29 is 0 Å². The summed E-state index contributed by atoms with van der Waals surface area (Å²) in [7, 11) is 0. The van der Waals surface area contributed by atoms with Crippen LogP contribution in [0.3, 0.4) is 0 Å². The molecule has 0 aliphatic heterocycles. The van der Waals surface area contributed by atoms with Gasteiger partial charge in [-0.2, -0.15) is 0 Å². The Morgan fingerprint density at radius 3 is 1.42 bits per heavy atom. The zero-order valence-corrected chi connectivity index (χ0v) is 9.76. The van der Waals surface area contributed by atoms with E-state index in [0.717, 1.165) is 0 Å². The van der Waals surface area contributed by atoms with Crippen molar-refractivity contribution in [2.45, 2.75) is 27.7 Å². The quantitative estimate of drug-likeness (QED) is 0.560. The molecule has 0 aromatic carbocycles. The van der Waals surface area contributed by atoms with Crippen LogP contribution in [0, 0.1) is 0 Å². The average Bonchev–Trinajstić information content (AvgIpc) is 2.72. The fourth-order valence-electron chi connectivity index (χ4n) is 0.697. The molecule has 2 aromatic rings. The van der Waals surface area contributed by atoms with Gasteiger partial charge in [0, 0.05) is 9.40 Å². The maximum atomic E-state index is 2.16. The van der Waals surface area contributed by atoms with Gasteiger partial charge in [-0.05, 0) is 22.9 Å². The van der Waals surface area contributed by atoms with Crippen LogP contribution in [0.4, 0.5) is 0 Å². The standard InChI is InChI=1S/C6H4S2.2C2H6/c1-3-7-6-2-4-8-5(1)6;2*1-2/h1-4H;2*1-2H3. The molecule has 0 nitrogen and oxygen atoms in total. The molecule has 0 N–H and O–H groups in total. The average molecular weight is 200 g/mol. The summed E-state index contributed by atoms with van der Waals surface area (Å²) in [4.78, 5) is 0. The minimum atomic E-state index is 1.41. The summed E-state index contributed by atoms with van der Waals surface area (Å²) in [6.07, 6.45) is 0. The molecule has 2 aromatic heterocycles. The van der Waals surface area contributed by atoms with Gasteiger partial charge in [-0.25, -0.2) is 0 Å². The van der Waals surface area contributed by atoms with Gasteiger partial charge >= 0.3 is 0 Å². The Labute approximate surface area is 82.9 Å². The molecule has 0 aliphatic carbocycles. The number of hydrogen-bond acceptors (Lipinski definition) is 2. The third-order valence-corrected chi connectivity index (χ3v) is 2.97. The highest BCUT2D eigenvalue weighted by Crippen LogP contribution is 2.25. The fraction of sp³-hybridized carbons (Fsp3) is 0.400. The Bertz CT molecular complexity index is 229. The van der Waals surface area contributed by atoms with Crippen LogP contribution >= 0.6 is 22.7 Å². The van der Waals surface area contributed by atoms with Gasteiger partial charge in [-0.1, -0.05) is 27.7 Å². The van der Waals surface area contributed by atoms with Gasteiger partial charge in [0.1, 0.15) is 0 Å². The van der Waals surface area contributed by atoms with Crippen LogP contribution in [0.15, 0.2) is 22.9 Å². The van der Waals surface area contributed by atoms with E-state index in [1.807, 2.05) is 27.7 Å². The minimum Gasteiger partial charge on any atom is -0.143 e. The van der Waals surface area contributed by atoms with Crippen LogP contribution in [0.2, 0.25) is 0 Å². The van der Waals surface area contributed by atoms with E-state index in [1.54, 1.807) is 22.7 Å². The highest BCUT2D eigenvalue weighted by Gasteiger charge is 1.90. The highest BCUT2D eigenvalue weighted by atomic mass is 32.1. The van der Waals surface area contributed by atoms with E-state index >= 15 is 0 Å². The second-order valence-electron chi connectivity index (χ2n) is 1.57. The molecule has 0 atom stereocenters. The Balaban J connectivity index is 0.000000269. The van der Waals surface area contributed by atoms with Gasteiger partial charge in [0.25, 0.3) is 0 Å². The molecular weight excluding hydrogens is 184 g/mol. The van der Waals surface area contributed by atoms with Crippen molar-refractivity contribution in [1.82, 2.24) is 0 Å². The fourth-order valence-corrected chi connectivity index (χ4v) is 2.52. The van der Waals surface area contributed by atoms with Crippen LogP contribution in [0.5, 0.6) is 0 Å². The number of hydrogen-bond donors (Lipinski definition) is 0. The largest absolute Gasteiger partial charge is 0.143 e. The smallest absolute Gasteiger partial charge is 0.0450 e. The summed E-state index contributed by atoms with van der Waals surface area (Å²) in [5.74, 6) is 0. The molecule has 0 amide bonds. The second-order valence-corrected chi connectivity index (χ2v) is 3.47. The van der Waals surface area contributed by atoms with Gasteiger partial charge in [0.15, 0.2) is 0 Å². The van der Waals surface area contributed by atoms with Crippen molar-refractivity contribution in [2.75, 3.05) is 0 Å². The highest BCUT2D eigenvalue weighted by molar-refractivity contribution is 7.25. The van der Waals surface area contributed by atoms with Gasteiger partial charge < -0.3 is 0 Å². The summed E-state index contributed by atoms with van der Waals surface area (Å²) in [6.45, 7) is 8.00. The van der Waals surface area contributed by atoms with E-state index in [4.69, 9.17) is 0 Å². The predicted molar refractivity (Wildman–Crippen MR) is 62.4 cm³/mol. The van der Waals surface area contributed by atoms with Crippen molar-refractivity contribution in [2.24, 2.45) is 0 Å². The molecule has 12 heavy (non-hydrogen) atoms. The molecule has 0 unspecified atom stereocenters. The Hall–Kier alpha value is -0.340. The molecule has 68 valence electrons. The molecule has 0 bridgehead atoms. The summed E-state index contributed by atoms with van der Waals surface area (Å²) >= 11 is 3.61. The van der Waals surface area contributed by atoms with Crippen LogP contribution < -0.4 is 0 Å². The first-order chi connectivity index (χ1) is 5.97. The molecule has 0 fully saturated rings. The van der Waals surface area contributed by atoms with Crippen molar-refractivity contribution in [1.29, 1.82) is 0 Å². The summed E-state index contributed by atoms with van der Waals surface area (Å²) in [5.41, 5.74) is 0. The summed E-state index contributed by atoms with van der Waals surface area (Å²) < 4.78 is 2.82. The number of thiophene rings is 2. The number of fused-ring (bicyclic) bond motifs is 1. The van der Waals surface area contributed by atoms with Gasteiger partial charge in [0.2, 0.25) is 0 Å². The third kappa shape index (κ3) is 2.95. The third-order valence-electron chi connectivity index (χ3n) is 1.07. The Kier molecular flexibility index (Phi) is 7.11. The maximum Gasteiger partial charge on any atom is 0.0450 e. The van der Waals surface area contributed by atoms with Crippen LogP contribution in [-0.4, -0.2) is 0 Å². The first-order valence-electron chi connectivity index (χ1n) is 4.37. The summed E-state index contributed by atoms with van der Waals surface area (Å²) in [6, 6.07) is 4.31. The van der Waals surface area contributed by atoms with Crippen molar-refractivity contribution in [3.05, 3.63) is 22.9 Å². The molecule has 0 saturated carbocycles. The van der Waals surface area contributed by atoms with E-state index in [-0.39, 0.29) is 0 Å². The van der Waals surface area contributed by atoms with Gasteiger partial charge in [-0.3, -0.25) is 0 Å². The lowest BCUT2D eigenvalue weighted by molar-refractivity contribution is 1.50. The molecule has 0 spiro atoms. The minimum absolute atomic E-state index is 1.41. The van der Waals surface area contributed by atoms with E-state index < -0.39 is 0 Å². The molecule has 0 saturated heterocycles.